The molecule has 2 aromatic rings. The van der Waals surface area contributed by atoms with E-state index in [1.165, 1.54) is 6.07 Å². The normalized spacial score (nSPS) is 10.5. The van der Waals surface area contributed by atoms with Crippen molar-refractivity contribution in [3.63, 3.8) is 0 Å². The van der Waals surface area contributed by atoms with Crippen molar-refractivity contribution in [2.75, 3.05) is 11.1 Å². The fourth-order valence-corrected chi connectivity index (χ4v) is 2.03. The summed E-state index contributed by atoms with van der Waals surface area (Å²) < 4.78 is 27.0. The molecule has 21 heavy (non-hydrogen) atoms. The van der Waals surface area contributed by atoms with Crippen molar-refractivity contribution in [1.82, 2.24) is 0 Å². The summed E-state index contributed by atoms with van der Waals surface area (Å²) in [5.74, 6) is -1.93. The van der Waals surface area contributed by atoms with E-state index in [0.717, 1.165) is 23.3 Å². The molecule has 0 heterocycles. The van der Waals surface area contributed by atoms with Crippen LogP contribution in [0.25, 0.3) is 0 Å². The summed E-state index contributed by atoms with van der Waals surface area (Å²) >= 11 is 0. The number of nitrogens with two attached hydrogens (primary N) is 1. The summed E-state index contributed by atoms with van der Waals surface area (Å²) in [7, 11) is 0. The molecule has 0 spiro atoms. The second-order valence-electron chi connectivity index (χ2n) is 4.95. The van der Waals surface area contributed by atoms with Gasteiger partial charge in [-0.25, -0.2) is 8.78 Å². The Kier molecular flexibility index (Phi) is 4.21. The van der Waals surface area contributed by atoms with Crippen molar-refractivity contribution >= 4 is 17.3 Å². The topological polar surface area (TPSA) is 55.1 Å². The van der Waals surface area contributed by atoms with Crippen LogP contribution in [0.5, 0.6) is 0 Å². The first-order chi connectivity index (χ1) is 9.88. The Balaban J connectivity index is 2.18. The Morgan fingerprint density at radius 3 is 2.38 bits per heavy atom. The van der Waals surface area contributed by atoms with E-state index in [0.29, 0.717) is 11.4 Å². The van der Waals surface area contributed by atoms with E-state index in [2.05, 4.69) is 5.32 Å². The quantitative estimate of drug-likeness (QED) is 0.852. The highest BCUT2D eigenvalue weighted by Crippen LogP contribution is 2.22. The zero-order valence-electron chi connectivity index (χ0n) is 11.8. The highest BCUT2D eigenvalue weighted by atomic mass is 19.1. The molecule has 0 atom stereocenters. The first-order valence-electron chi connectivity index (χ1n) is 6.48. The number of amides is 1. The first-order valence-corrected chi connectivity index (χ1v) is 6.48. The van der Waals surface area contributed by atoms with Gasteiger partial charge in [-0.2, -0.15) is 0 Å². The van der Waals surface area contributed by atoms with Gasteiger partial charge >= 0.3 is 0 Å². The van der Waals surface area contributed by atoms with Gasteiger partial charge in [-0.15, -0.1) is 0 Å². The molecule has 0 radical (unpaired) electrons. The number of hydrogen-bond donors (Lipinski definition) is 2. The van der Waals surface area contributed by atoms with Gasteiger partial charge in [0.25, 0.3) is 0 Å². The lowest BCUT2D eigenvalue weighted by Crippen LogP contribution is -2.17. The third kappa shape index (κ3) is 3.37. The number of anilines is 2. The van der Waals surface area contributed by atoms with Gasteiger partial charge in [-0.05, 0) is 49.2 Å². The van der Waals surface area contributed by atoms with Crippen LogP contribution in [-0.4, -0.2) is 5.91 Å². The Labute approximate surface area is 121 Å². The largest absolute Gasteiger partial charge is 0.399 e. The average molecular weight is 290 g/mol. The van der Waals surface area contributed by atoms with Gasteiger partial charge in [0.2, 0.25) is 5.91 Å². The maximum Gasteiger partial charge on any atom is 0.229 e. The van der Waals surface area contributed by atoms with E-state index < -0.39 is 17.5 Å². The van der Waals surface area contributed by atoms with Gasteiger partial charge in [0.15, 0.2) is 0 Å². The van der Waals surface area contributed by atoms with Crippen molar-refractivity contribution in [2.45, 2.75) is 20.3 Å². The number of benzene rings is 2. The number of nitrogen functional groups attached to an aromatic ring is 1. The van der Waals surface area contributed by atoms with Crippen LogP contribution < -0.4 is 11.1 Å². The lowest BCUT2D eigenvalue weighted by molar-refractivity contribution is -0.115. The standard InChI is InChI=1S/C16H16F2N2O/c1-9-7-15(10(2)6-14(9)19)20-16(21)8-11-12(17)4-3-5-13(11)18/h3-7H,8,19H2,1-2H3,(H,20,21). The molecule has 2 rings (SSSR count). The van der Waals surface area contributed by atoms with Gasteiger partial charge in [-0.3, -0.25) is 4.79 Å². The van der Waals surface area contributed by atoms with Crippen LogP contribution >= 0.6 is 0 Å². The summed E-state index contributed by atoms with van der Waals surface area (Å²) in [6.07, 6.45) is -0.360. The predicted molar refractivity (Wildman–Crippen MR) is 79.0 cm³/mol. The summed E-state index contributed by atoms with van der Waals surface area (Å²) in [6.45, 7) is 3.62. The molecule has 0 unspecified atom stereocenters. The van der Waals surface area contributed by atoms with Crippen LogP contribution in [0, 0.1) is 25.5 Å². The number of rotatable bonds is 3. The molecule has 1 amide bonds. The Morgan fingerprint density at radius 1 is 1.14 bits per heavy atom. The minimum atomic E-state index is -0.727. The van der Waals surface area contributed by atoms with Gasteiger partial charge < -0.3 is 11.1 Å². The molecule has 0 fully saturated rings. The van der Waals surface area contributed by atoms with Crippen LogP contribution in [0.1, 0.15) is 16.7 Å². The van der Waals surface area contributed by atoms with E-state index in [-0.39, 0.29) is 12.0 Å². The lowest BCUT2D eigenvalue weighted by Gasteiger charge is -2.11. The van der Waals surface area contributed by atoms with Crippen LogP contribution in [0.2, 0.25) is 0 Å². The van der Waals surface area contributed by atoms with Crippen LogP contribution in [0.15, 0.2) is 30.3 Å². The number of halogens is 2. The summed E-state index contributed by atoms with van der Waals surface area (Å²) in [6, 6.07) is 7.00. The van der Waals surface area contributed by atoms with Gasteiger partial charge in [0.1, 0.15) is 11.6 Å². The number of nitrogens with one attached hydrogen (secondary N) is 1. The second-order valence-corrected chi connectivity index (χ2v) is 4.95. The van der Waals surface area contributed by atoms with E-state index in [9.17, 15) is 13.6 Å². The SMILES string of the molecule is Cc1cc(NC(=O)Cc2c(F)cccc2F)c(C)cc1N. The number of hydrogen-bond acceptors (Lipinski definition) is 2. The Morgan fingerprint density at radius 2 is 1.76 bits per heavy atom. The molecule has 0 aliphatic heterocycles. The van der Waals surface area contributed by atoms with Gasteiger partial charge in [0, 0.05) is 16.9 Å². The van der Waals surface area contributed by atoms with Crippen molar-refractivity contribution in [3.05, 3.63) is 58.7 Å². The Hall–Kier alpha value is -2.43. The lowest BCUT2D eigenvalue weighted by atomic mass is 10.1. The molecule has 0 aliphatic carbocycles. The monoisotopic (exact) mass is 290 g/mol. The predicted octanol–water partition coefficient (Wildman–Crippen LogP) is 3.35. The van der Waals surface area contributed by atoms with Crippen LogP contribution in [0.4, 0.5) is 20.2 Å². The molecular weight excluding hydrogens is 274 g/mol. The zero-order valence-corrected chi connectivity index (χ0v) is 11.8. The molecule has 0 aromatic heterocycles. The summed E-state index contributed by atoms with van der Waals surface area (Å²) in [5, 5.41) is 2.65. The molecule has 0 saturated heterocycles. The van der Waals surface area contributed by atoms with E-state index in [1.54, 1.807) is 19.1 Å². The van der Waals surface area contributed by atoms with Crippen LogP contribution in [0.3, 0.4) is 0 Å². The maximum atomic E-state index is 13.5. The van der Waals surface area contributed by atoms with Crippen molar-refractivity contribution in [3.8, 4) is 0 Å². The number of aryl methyl sites for hydroxylation is 2. The number of carbonyl (C=O) groups is 1. The van der Waals surface area contributed by atoms with E-state index >= 15 is 0 Å². The van der Waals surface area contributed by atoms with E-state index in [1.807, 2.05) is 6.92 Å². The second kappa shape index (κ2) is 5.91. The molecule has 3 N–H and O–H groups in total. The minimum absolute atomic E-state index is 0.236. The molecular formula is C16H16F2N2O. The third-order valence-corrected chi connectivity index (χ3v) is 3.29. The van der Waals surface area contributed by atoms with Gasteiger partial charge in [-0.1, -0.05) is 6.07 Å². The van der Waals surface area contributed by atoms with Crippen molar-refractivity contribution < 1.29 is 13.6 Å². The minimum Gasteiger partial charge on any atom is -0.399 e. The smallest absolute Gasteiger partial charge is 0.229 e. The average Bonchev–Trinajstić information content (AvgIpc) is 2.40. The molecule has 110 valence electrons. The molecule has 2 aromatic carbocycles. The van der Waals surface area contributed by atoms with E-state index in [4.69, 9.17) is 5.73 Å². The third-order valence-electron chi connectivity index (χ3n) is 3.29. The fourth-order valence-electron chi connectivity index (χ4n) is 2.03. The summed E-state index contributed by atoms with van der Waals surface area (Å²) in [5.41, 5.74) is 8.37. The summed E-state index contributed by atoms with van der Waals surface area (Å²) in [4.78, 5) is 12.0. The highest BCUT2D eigenvalue weighted by molar-refractivity contribution is 5.93. The van der Waals surface area contributed by atoms with Gasteiger partial charge in [0.05, 0.1) is 6.42 Å². The fraction of sp³-hybridized carbons (Fsp3) is 0.188. The molecule has 0 saturated carbocycles. The van der Waals surface area contributed by atoms with Crippen molar-refractivity contribution in [1.29, 1.82) is 0 Å². The molecule has 5 heteroatoms. The molecule has 0 bridgehead atoms. The highest BCUT2D eigenvalue weighted by Gasteiger charge is 2.14. The zero-order chi connectivity index (χ0) is 15.6. The molecule has 0 aliphatic rings. The van der Waals surface area contributed by atoms with Crippen LogP contribution in [-0.2, 0) is 11.2 Å². The maximum absolute atomic E-state index is 13.5. The van der Waals surface area contributed by atoms with Crippen molar-refractivity contribution in [2.24, 2.45) is 0 Å². The first kappa shape index (κ1) is 15.0. The molecule has 3 nitrogen and oxygen atoms in total. The number of carbonyl (C=O) groups excluding carboxylic acids is 1. The Bertz CT molecular complexity index is 679.